The topological polar surface area (TPSA) is 25.2 Å². The molecule has 2 heteroatoms. The molecule has 1 heterocycles. The highest BCUT2D eigenvalue weighted by atomic mass is 14.8. The predicted octanol–water partition coefficient (Wildman–Crippen LogP) is 3.94. The summed E-state index contributed by atoms with van der Waals surface area (Å²) in [5.41, 5.74) is 5.50. The number of rotatable bonds is 5. The first-order valence-electron chi connectivity index (χ1n) is 5.86. The van der Waals surface area contributed by atoms with Crippen LogP contribution in [0, 0.1) is 5.92 Å². The van der Waals surface area contributed by atoms with E-state index < -0.39 is 0 Å². The van der Waals surface area contributed by atoms with Crippen LogP contribution in [0.3, 0.4) is 0 Å². The van der Waals surface area contributed by atoms with Crippen molar-refractivity contribution in [3.05, 3.63) is 72.4 Å². The molecule has 0 spiro atoms. The molecular formula is C16H18N2. The van der Waals surface area contributed by atoms with E-state index in [4.69, 9.17) is 0 Å². The molecule has 0 saturated carbocycles. The Bertz CT molecular complexity index is 501. The van der Waals surface area contributed by atoms with E-state index in [1.165, 1.54) is 0 Å². The fourth-order valence-corrected chi connectivity index (χ4v) is 1.48. The zero-order valence-electron chi connectivity index (χ0n) is 10.9. The third-order valence-corrected chi connectivity index (χ3v) is 2.39. The van der Waals surface area contributed by atoms with E-state index in [1.807, 2.05) is 24.3 Å². The third kappa shape index (κ3) is 4.00. The van der Waals surface area contributed by atoms with Crippen molar-refractivity contribution in [2.75, 3.05) is 0 Å². The average molecular weight is 238 g/mol. The minimum Gasteiger partial charge on any atom is -0.255 e. The van der Waals surface area contributed by atoms with Crippen LogP contribution in [0.15, 0.2) is 71.7 Å². The molecule has 0 unspecified atom stereocenters. The Labute approximate surface area is 109 Å². The van der Waals surface area contributed by atoms with E-state index in [-0.39, 0.29) is 0 Å². The number of hydrogen-bond acceptors (Lipinski definition) is 2. The third-order valence-electron chi connectivity index (χ3n) is 2.39. The van der Waals surface area contributed by atoms with Gasteiger partial charge >= 0.3 is 0 Å². The summed E-state index contributed by atoms with van der Waals surface area (Å²) in [6.07, 6.45) is 7.06. The van der Waals surface area contributed by atoms with Crippen molar-refractivity contribution in [1.82, 2.24) is 4.98 Å². The van der Waals surface area contributed by atoms with Gasteiger partial charge in [-0.25, -0.2) is 0 Å². The molecule has 18 heavy (non-hydrogen) atoms. The largest absolute Gasteiger partial charge is 0.255 e. The summed E-state index contributed by atoms with van der Waals surface area (Å²) in [5, 5.41) is 0. The molecule has 0 aliphatic heterocycles. The van der Waals surface area contributed by atoms with Gasteiger partial charge in [0.25, 0.3) is 0 Å². The molecule has 1 aromatic heterocycles. The smallest absolute Gasteiger partial charge is 0.0812 e. The van der Waals surface area contributed by atoms with Gasteiger partial charge in [0, 0.05) is 6.20 Å². The number of hydrogen-bond donors (Lipinski definition) is 0. The molecule has 0 bridgehead atoms. The van der Waals surface area contributed by atoms with Crippen LogP contribution in [0.1, 0.15) is 19.5 Å². The highest BCUT2D eigenvalue weighted by Crippen LogP contribution is 2.18. The molecule has 0 aliphatic rings. The zero-order chi connectivity index (χ0) is 13.4. The van der Waals surface area contributed by atoms with Gasteiger partial charge in [-0.05, 0) is 35.8 Å². The van der Waals surface area contributed by atoms with Gasteiger partial charge in [-0.3, -0.25) is 9.98 Å². The minimum absolute atomic E-state index is 0.341. The average Bonchev–Trinajstić information content (AvgIpc) is 2.39. The first-order chi connectivity index (χ1) is 8.69. The van der Waals surface area contributed by atoms with Gasteiger partial charge < -0.3 is 0 Å². The molecule has 0 saturated heterocycles. The molecule has 0 amide bonds. The number of pyridine rings is 1. The lowest BCUT2D eigenvalue weighted by Gasteiger charge is -2.08. The summed E-state index contributed by atoms with van der Waals surface area (Å²) >= 11 is 0. The molecule has 0 atom stereocenters. The highest BCUT2D eigenvalue weighted by Gasteiger charge is 2.04. The highest BCUT2D eigenvalue weighted by molar-refractivity contribution is 5.78. The summed E-state index contributed by atoms with van der Waals surface area (Å²) in [6, 6.07) is 5.71. The number of aliphatic imine (C=N–C) groups is 1. The van der Waals surface area contributed by atoms with Crippen molar-refractivity contribution in [3.63, 3.8) is 0 Å². The van der Waals surface area contributed by atoms with Crippen LogP contribution >= 0.6 is 0 Å². The van der Waals surface area contributed by atoms with E-state index in [1.54, 1.807) is 18.5 Å². The Balaban J connectivity index is 3.10. The van der Waals surface area contributed by atoms with Crippen LogP contribution in [0.5, 0.6) is 0 Å². The number of nitrogens with zero attached hydrogens (tertiary/aromatic N) is 2. The summed E-state index contributed by atoms with van der Waals surface area (Å²) in [4.78, 5) is 8.62. The van der Waals surface area contributed by atoms with Gasteiger partial charge in [0.2, 0.25) is 0 Å². The summed E-state index contributed by atoms with van der Waals surface area (Å²) in [5.74, 6) is 0.341. The van der Waals surface area contributed by atoms with Crippen molar-refractivity contribution in [2.45, 2.75) is 13.8 Å². The van der Waals surface area contributed by atoms with Crippen LogP contribution in [0.4, 0.5) is 0 Å². The van der Waals surface area contributed by atoms with E-state index in [2.05, 4.69) is 42.7 Å². The quantitative estimate of drug-likeness (QED) is 0.433. The fraction of sp³-hybridized carbons (Fsp3) is 0.188. The Kier molecular flexibility index (Phi) is 5.56. The van der Waals surface area contributed by atoms with Crippen molar-refractivity contribution < 1.29 is 0 Å². The second-order valence-electron chi connectivity index (χ2n) is 4.06. The number of aromatic nitrogens is 1. The predicted molar refractivity (Wildman–Crippen MR) is 77.6 cm³/mol. The monoisotopic (exact) mass is 238 g/mol. The molecule has 0 fully saturated rings. The molecule has 0 aromatic carbocycles. The molecule has 0 radical (unpaired) electrons. The van der Waals surface area contributed by atoms with Crippen molar-refractivity contribution in [1.29, 1.82) is 0 Å². The van der Waals surface area contributed by atoms with E-state index in [0.717, 1.165) is 17.0 Å². The number of allylic oxidation sites excluding steroid dienone is 3. The summed E-state index contributed by atoms with van der Waals surface area (Å²) in [6.45, 7) is 11.6. The van der Waals surface area contributed by atoms with Gasteiger partial charge in [-0.15, -0.1) is 5.73 Å². The normalized spacial score (nSPS) is 12.2. The van der Waals surface area contributed by atoms with Gasteiger partial charge in [0.15, 0.2) is 0 Å². The maximum absolute atomic E-state index is 4.43. The van der Waals surface area contributed by atoms with Crippen LogP contribution in [0.2, 0.25) is 0 Å². The Morgan fingerprint density at radius 1 is 1.44 bits per heavy atom. The molecule has 92 valence electrons. The van der Waals surface area contributed by atoms with Gasteiger partial charge in [0.1, 0.15) is 0 Å². The van der Waals surface area contributed by atoms with Crippen LogP contribution in [0.25, 0.3) is 0 Å². The van der Waals surface area contributed by atoms with Gasteiger partial charge in [-0.2, -0.15) is 0 Å². The van der Waals surface area contributed by atoms with Crippen molar-refractivity contribution in [3.8, 4) is 0 Å². The van der Waals surface area contributed by atoms with Gasteiger partial charge in [-0.1, -0.05) is 33.1 Å². The maximum Gasteiger partial charge on any atom is 0.0812 e. The first-order valence-corrected chi connectivity index (χ1v) is 5.86. The second-order valence-corrected chi connectivity index (χ2v) is 4.06. The van der Waals surface area contributed by atoms with Crippen molar-refractivity contribution >= 4 is 6.21 Å². The lowest BCUT2D eigenvalue weighted by molar-refractivity contribution is 0.782. The second kappa shape index (κ2) is 7.21. The first kappa shape index (κ1) is 13.9. The Morgan fingerprint density at radius 2 is 2.22 bits per heavy atom. The van der Waals surface area contributed by atoms with Gasteiger partial charge in [0.05, 0.1) is 17.6 Å². The summed E-state index contributed by atoms with van der Waals surface area (Å²) in [7, 11) is 0. The minimum atomic E-state index is 0.341. The van der Waals surface area contributed by atoms with Crippen molar-refractivity contribution in [2.24, 2.45) is 10.9 Å². The van der Waals surface area contributed by atoms with E-state index >= 15 is 0 Å². The van der Waals surface area contributed by atoms with E-state index in [9.17, 15) is 0 Å². The molecule has 1 rings (SSSR count). The zero-order valence-corrected chi connectivity index (χ0v) is 10.9. The fourth-order valence-electron chi connectivity index (χ4n) is 1.48. The van der Waals surface area contributed by atoms with E-state index in [0.29, 0.717) is 5.92 Å². The van der Waals surface area contributed by atoms with Crippen LogP contribution in [-0.2, 0) is 0 Å². The molecule has 1 aromatic rings. The van der Waals surface area contributed by atoms with Crippen LogP contribution in [-0.4, -0.2) is 11.2 Å². The molecule has 0 N–H and O–H groups in total. The molecule has 2 nitrogen and oxygen atoms in total. The Hall–Kier alpha value is -2.18. The molecule has 0 aliphatic carbocycles. The standard InChI is InChI=1S/C16H18N2/c1-5-9-15(13(3)4)16(6-2)18-12-14-10-7-8-11-17-14/h6-13H,1-2H2,3-4H3/b16-15-,18-12+. The van der Waals surface area contributed by atoms with Crippen LogP contribution < -0.4 is 0 Å². The summed E-state index contributed by atoms with van der Waals surface area (Å²) < 4.78 is 0. The lowest BCUT2D eigenvalue weighted by Crippen LogP contribution is -1.95. The maximum atomic E-state index is 4.43. The molecular weight excluding hydrogens is 220 g/mol. The SMILES string of the molecule is C=C=C/C(=C(C=C)/N=C/c1ccccn1)C(C)C. The Morgan fingerprint density at radius 3 is 2.72 bits per heavy atom. The lowest BCUT2D eigenvalue weighted by atomic mass is 10.0.